The summed E-state index contributed by atoms with van der Waals surface area (Å²) in [7, 11) is 0. The Morgan fingerprint density at radius 3 is 2.53 bits per heavy atom. The van der Waals surface area contributed by atoms with Crippen LogP contribution in [0, 0.1) is 11.7 Å². The monoisotopic (exact) mass is 275 g/mol. The van der Waals surface area contributed by atoms with Crippen molar-refractivity contribution in [1.82, 2.24) is 0 Å². The molecule has 0 bridgehead atoms. The Hall–Kier alpha value is -1.26. The third-order valence-electron chi connectivity index (χ3n) is 3.60. The molecule has 1 unspecified atom stereocenters. The highest BCUT2D eigenvalue weighted by atomic mass is 19.4. The first-order valence-corrected chi connectivity index (χ1v) is 6.49. The van der Waals surface area contributed by atoms with Gasteiger partial charge < -0.3 is 5.32 Å². The summed E-state index contributed by atoms with van der Waals surface area (Å²) < 4.78 is 50.8. The van der Waals surface area contributed by atoms with Gasteiger partial charge in [0.2, 0.25) is 0 Å². The standard InChI is InChI=1S/C14H17F4N/c1-9(7-10-3-2-4-10)19-11-5-6-13(15)12(8-11)14(16,17)18/h5-6,8-10,19H,2-4,7H2,1H3. The Labute approximate surface area is 110 Å². The third-order valence-corrected chi connectivity index (χ3v) is 3.60. The fourth-order valence-electron chi connectivity index (χ4n) is 2.40. The lowest BCUT2D eigenvalue weighted by Gasteiger charge is -2.29. The summed E-state index contributed by atoms with van der Waals surface area (Å²) in [6.07, 6.45) is -0.0731. The van der Waals surface area contributed by atoms with Crippen molar-refractivity contribution in [3.05, 3.63) is 29.6 Å². The van der Waals surface area contributed by atoms with E-state index in [9.17, 15) is 17.6 Å². The molecule has 1 aliphatic rings. The number of alkyl halides is 3. The molecular formula is C14H17F4N. The lowest BCUT2D eigenvalue weighted by Crippen LogP contribution is -2.23. The lowest BCUT2D eigenvalue weighted by atomic mass is 9.81. The lowest BCUT2D eigenvalue weighted by molar-refractivity contribution is -0.139. The van der Waals surface area contributed by atoms with Crippen LogP contribution in [-0.4, -0.2) is 6.04 Å². The maximum Gasteiger partial charge on any atom is 0.419 e. The largest absolute Gasteiger partial charge is 0.419 e. The zero-order valence-electron chi connectivity index (χ0n) is 10.7. The van der Waals surface area contributed by atoms with Crippen LogP contribution in [0.4, 0.5) is 23.2 Å². The highest BCUT2D eigenvalue weighted by molar-refractivity contribution is 5.47. The van der Waals surface area contributed by atoms with Gasteiger partial charge in [0.1, 0.15) is 5.82 Å². The Balaban J connectivity index is 2.03. The van der Waals surface area contributed by atoms with Gasteiger partial charge >= 0.3 is 6.18 Å². The van der Waals surface area contributed by atoms with Crippen LogP contribution in [-0.2, 0) is 6.18 Å². The molecule has 5 heteroatoms. The van der Waals surface area contributed by atoms with E-state index in [4.69, 9.17) is 0 Å². The summed E-state index contributed by atoms with van der Waals surface area (Å²) in [5.74, 6) is -0.560. The normalized spacial score (nSPS) is 17.9. The molecule has 1 saturated carbocycles. The van der Waals surface area contributed by atoms with Crippen molar-refractivity contribution in [2.45, 2.75) is 44.8 Å². The van der Waals surface area contributed by atoms with Crippen molar-refractivity contribution in [3.63, 3.8) is 0 Å². The van der Waals surface area contributed by atoms with E-state index in [1.807, 2.05) is 6.92 Å². The first-order chi connectivity index (χ1) is 8.86. The van der Waals surface area contributed by atoms with Gasteiger partial charge in [-0.05, 0) is 37.5 Å². The second-order valence-corrected chi connectivity index (χ2v) is 5.27. The highest BCUT2D eigenvalue weighted by Gasteiger charge is 2.34. The van der Waals surface area contributed by atoms with E-state index < -0.39 is 17.6 Å². The summed E-state index contributed by atoms with van der Waals surface area (Å²) >= 11 is 0. The first kappa shape index (κ1) is 14.2. The number of nitrogens with one attached hydrogen (secondary N) is 1. The maximum absolute atomic E-state index is 13.1. The number of rotatable bonds is 4. The van der Waals surface area contributed by atoms with Crippen LogP contribution in [0.25, 0.3) is 0 Å². The molecule has 1 N–H and O–H groups in total. The zero-order chi connectivity index (χ0) is 14.0. The summed E-state index contributed by atoms with van der Waals surface area (Å²) in [4.78, 5) is 0. The molecule has 1 fully saturated rings. The molecule has 19 heavy (non-hydrogen) atoms. The van der Waals surface area contributed by atoms with Gasteiger partial charge in [-0.15, -0.1) is 0 Å². The molecule has 106 valence electrons. The van der Waals surface area contributed by atoms with E-state index in [0.29, 0.717) is 11.6 Å². The van der Waals surface area contributed by atoms with Crippen molar-refractivity contribution >= 4 is 5.69 Å². The molecule has 2 rings (SSSR count). The quantitative estimate of drug-likeness (QED) is 0.776. The molecule has 0 aromatic heterocycles. The second-order valence-electron chi connectivity index (χ2n) is 5.27. The van der Waals surface area contributed by atoms with E-state index in [-0.39, 0.29) is 6.04 Å². The average Bonchev–Trinajstić information content (AvgIpc) is 2.25. The zero-order valence-corrected chi connectivity index (χ0v) is 10.7. The molecule has 1 atom stereocenters. The van der Waals surface area contributed by atoms with Crippen molar-refractivity contribution < 1.29 is 17.6 Å². The van der Waals surface area contributed by atoms with E-state index in [2.05, 4.69) is 5.32 Å². The van der Waals surface area contributed by atoms with Crippen LogP contribution in [0.15, 0.2) is 18.2 Å². The average molecular weight is 275 g/mol. The minimum absolute atomic E-state index is 0.0943. The van der Waals surface area contributed by atoms with E-state index in [1.54, 1.807) is 0 Å². The van der Waals surface area contributed by atoms with Crippen molar-refractivity contribution in [2.75, 3.05) is 5.32 Å². The summed E-state index contributed by atoms with van der Waals surface area (Å²) in [5.41, 5.74) is -0.895. The molecule has 0 saturated heterocycles. The Morgan fingerprint density at radius 2 is 2.00 bits per heavy atom. The summed E-state index contributed by atoms with van der Waals surface area (Å²) in [6, 6.07) is 3.15. The van der Waals surface area contributed by atoms with E-state index >= 15 is 0 Å². The van der Waals surface area contributed by atoms with Crippen molar-refractivity contribution in [3.8, 4) is 0 Å². The SMILES string of the molecule is CC(CC1CCC1)Nc1ccc(F)c(C(F)(F)F)c1. The van der Waals surface area contributed by atoms with Crippen molar-refractivity contribution in [2.24, 2.45) is 5.92 Å². The van der Waals surface area contributed by atoms with Gasteiger partial charge in [0, 0.05) is 11.7 Å². The number of hydrogen-bond acceptors (Lipinski definition) is 1. The molecule has 1 aromatic carbocycles. The van der Waals surface area contributed by atoms with Gasteiger partial charge in [-0.3, -0.25) is 0 Å². The van der Waals surface area contributed by atoms with E-state index in [0.717, 1.165) is 18.6 Å². The Kier molecular flexibility index (Phi) is 4.02. The topological polar surface area (TPSA) is 12.0 Å². The molecule has 0 aliphatic heterocycles. The van der Waals surface area contributed by atoms with Gasteiger partial charge in [0.25, 0.3) is 0 Å². The number of benzene rings is 1. The van der Waals surface area contributed by atoms with Gasteiger partial charge in [-0.2, -0.15) is 13.2 Å². The Bertz CT molecular complexity index is 438. The minimum atomic E-state index is -4.65. The number of halogens is 4. The summed E-state index contributed by atoms with van der Waals surface area (Å²) in [6.45, 7) is 1.94. The fraction of sp³-hybridized carbons (Fsp3) is 0.571. The van der Waals surface area contributed by atoms with Crippen LogP contribution < -0.4 is 5.32 Å². The van der Waals surface area contributed by atoms with Crippen molar-refractivity contribution in [1.29, 1.82) is 0 Å². The molecule has 1 aliphatic carbocycles. The molecular weight excluding hydrogens is 258 g/mol. The number of hydrogen-bond donors (Lipinski definition) is 1. The van der Waals surface area contributed by atoms with Gasteiger partial charge in [0.15, 0.2) is 0 Å². The van der Waals surface area contributed by atoms with Crippen LogP contribution >= 0.6 is 0 Å². The minimum Gasteiger partial charge on any atom is -0.383 e. The van der Waals surface area contributed by atoms with Crippen LogP contribution in [0.1, 0.15) is 38.2 Å². The first-order valence-electron chi connectivity index (χ1n) is 6.49. The molecule has 1 nitrogen and oxygen atoms in total. The van der Waals surface area contributed by atoms with Crippen LogP contribution in [0.3, 0.4) is 0 Å². The Morgan fingerprint density at radius 1 is 1.32 bits per heavy atom. The molecule has 0 heterocycles. The smallest absolute Gasteiger partial charge is 0.383 e. The van der Waals surface area contributed by atoms with Crippen LogP contribution in [0.5, 0.6) is 0 Å². The molecule has 0 radical (unpaired) electrons. The predicted molar refractivity (Wildman–Crippen MR) is 66.4 cm³/mol. The molecule has 0 spiro atoms. The number of anilines is 1. The second kappa shape index (κ2) is 5.39. The van der Waals surface area contributed by atoms with Gasteiger partial charge in [0.05, 0.1) is 5.56 Å². The maximum atomic E-state index is 13.1. The van der Waals surface area contributed by atoms with E-state index in [1.165, 1.54) is 25.3 Å². The predicted octanol–water partition coefficient (Wildman–Crippen LogP) is 4.84. The third kappa shape index (κ3) is 3.61. The highest BCUT2D eigenvalue weighted by Crippen LogP contribution is 2.34. The molecule has 0 amide bonds. The van der Waals surface area contributed by atoms with Crippen LogP contribution in [0.2, 0.25) is 0 Å². The van der Waals surface area contributed by atoms with Gasteiger partial charge in [-0.1, -0.05) is 19.3 Å². The van der Waals surface area contributed by atoms with Gasteiger partial charge in [-0.25, -0.2) is 4.39 Å². The molecule has 1 aromatic rings. The fourth-order valence-corrected chi connectivity index (χ4v) is 2.40. The summed E-state index contributed by atoms with van der Waals surface area (Å²) in [5, 5.41) is 3.01.